The molecule has 0 aliphatic rings. The summed E-state index contributed by atoms with van der Waals surface area (Å²) in [4.78, 5) is 8.84. The van der Waals surface area contributed by atoms with Gasteiger partial charge in [-0.1, -0.05) is 18.2 Å². The molecule has 0 aliphatic carbocycles. The van der Waals surface area contributed by atoms with Gasteiger partial charge in [-0.05, 0) is 37.6 Å². The molecule has 0 bridgehead atoms. The molecule has 0 aliphatic heterocycles. The molecule has 21 heavy (non-hydrogen) atoms. The van der Waals surface area contributed by atoms with Crippen LogP contribution in [0.5, 0.6) is 11.6 Å². The molecule has 1 aromatic carbocycles. The lowest BCUT2D eigenvalue weighted by molar-refractivity contribution is 0.455. The normalized spacial score (nSPS) is 10.8. The zero-order chi connectivity index (χ0) is 14.8. The van der Waals surface area contributed by atoms with E-state index in [0.717, 1.165) is 27.7 Å². The van der Waals surface area contributed by atoms with E-state index in [1.54, 1.807) is 6.20 Å². The average Bonchev–Trinajstić information content (AvgIpc) is 2.47. The summed E-state index contributed by atoms with van der Waals surface area (Å²) in [5.74, 6) is 1.59. The van der Waals surface area contributed by atoms with Gasteiger partial charge in [0, 0.05) is 16.6 Å². The third kappa shape index (κ3) is 2.83. The lowest BCUT2D eigenvalue weighted by Crippen LogP contribution is -1.98. The molecular formula is C17H15ClN2O. The van der Waals surface area contributed by atoms with Gasteiger partial charge in [0.1, 0.15) is 5.75 Å². The molecule has 3 nitrogen and oxygen atoms in total. The predicted octanol–water partition coefficient (Wildman–Crippen LogP) is 4.78. The smallest absolute Gasteiger partial charge is 0.224 e. The number of hydrogen-bond donors (Lipinski definition) is 0. The molecule has 0 saturated heterocycles. The number of ether oxygens (including phenoxy) is 1. The number of aromatic nitrogens is 2. The van der Waals surface area contributed by atoms with Crippen molar-refractivity contribution >= 4 is 22.5 Å². The third-order valence-electron chi connectivity index (χ3n) is 3.35. The number of nitrogens with zero attached hydrogens (tertiary/aromatic N) is 2. The highest BCUT2D eigenvalue weighted by Gasteiger charge is 2.11. The van der Waals surface area contributed by atoms with Crippen LogP contribution in [0.2, 0.25) is 0 Å². The van der Waals surface area contributed by atoms with Crippen LogP contribution in [0.3, 0.4) is 0 Å². The summed E-state index contributed by atoms with van der Waals surface area (Å²) in [5, 5.41) is 1.03. The Kier molecular flexibility index (Phi) is 3.76. The highest BCUT2D eigenvalue weighted by molar-refractivity contribution is 6.17. The third-order valence-corrected chi connectivity index (χ3v) is 3.62. The fourth-order valence-electron chi connectivity index (χ4n) is 2.29. The molecule has 0 amide bonds. The Balaban J connectivity index is 2.02. The second-order valence-electron chi connectivity index (χ2n) is 4.96. The van der Waals surface area contributed by atoms with Gasteiger partial charge in [-0.3, -0.25) is 4.98 Å². The van der Waals surface area contributed by atoms with E-state index in [-0.39, 0.29) is 0 Å². The Bertz CT molecular complexity index is 802. The lowest BCUT2D eigenvalue weighted by Gasteiger charge is -2.12. The van der Waals surface area contributed by atoms with Gasteiger partial charge in [0.2, 0.25) is 5.88 Å². The quantitative estimate of drug-likeness (QED) is 0.653. The Labute approximate surface area is 128 Å². The minimum Gasteiger partial charge on any atom is -0.437 e. The van der Waals surface area contributed by atoms with Gasteiger partial charge in [-0.2, -0.15) is 0 Å². The van der Waals surface area contributed by atoms with E-state index in [4.69, 9.17) is 16.3 Å². The van der Waals surface area contributed by atoms with Crippen LogP contribution in [0.25, 0.3) is 10.9 Å². The molecule has 2 heterocycles. The maximum absolute atomic E-state index is 6.02. The van der Waals surface area contributed by atoms with E-state index in [1.807, 2.05) is 50.2 Å². The van der Waals surface area contributed by atoms with E-state index in [9.17, 15) is 0 Å². The number of benzene rings is 1. The van der Waals surface area contributed by atoms with Crippen molar-refractivity contribution in [3.63, 3.8) is 0 Å². The minimum atomic E-state index is 0.370. The zero-order valence-electron chi connectivity index (χ0n) is 11.9. The van der Waals surface area contributed by atoms with Crippen molar-refractivity contribution in [2.24, 2.45) is 0 Å². The van der Waals surface area contributed by atoms with Crippen molar-refractivity contribution in [3.8, 4) is 11.6 Å². The lowest BCUT2D eigenvalue weighted by atomic mass is 10.1. The highest BCUT2D eigenvalue weighted by Crippen LogP contribution is 2.28. The molecule has 2 aromatic heterocycles. The van der Waals surface area contributed by atoms with Crippen LogP contribution in [0, 0.1) is 13.8 Å². The van der Waals surface area contributed by atoms with E-state index >= 15 is 0 Å². The fraction of sp³-hybridized carbons (Fsp3) is 0.176. The minimum absolute atomic E-state index is 0.370. The zero-order valence-corrected chi connectivity index (χ0v) is 12.7. The van der Waals surface area contributed by atoms with Gasteiger partial charge >= 0.3 is 0 Å². The van der Waals surface area contributed by atoms with Crippen molar-refractivity contribution < 1.29 is 4.74 Å². The molecule has 0 N–H and O–H groups in total. The Hall–Kier alpha value is -2.13. The molecule has 0 radical (unpaired) electrons. The van der Waals surface area contributed by atoms with Crippen molar-refractivity contribution in [3.05, 3.63) is 59.4 Å². The first-order chi connectivity index (χ1) is 10.2. The maximum atomic E-state index is 6.02. The number of pyridine rings is 2. The number of para-hydroxylation sites is 1. The first-order valence-corrected chi connectivity index (χ1v) is 7.26. The summed E-state index contributed by atoms with van der Waals surface area (Å²) >= 11 is 6.02. The molecule has 0 fully saturated rings. The van der Waals surface area contributed by atoms with E-state index < -0.39 is 0 Å². The second-order valence-corrected chi connectivity index (χ2v) is 5.23. The highest BCUT2D eigenvalue weighted by atomic mass is 35.5. The SMILES string of the molecule is Cc1cc(C)c(CCl)c(Oc2cnc3ccccc3c2)n1. The number of hydrogen-bond acceptors (Lipinski definition) is 3. The van der Waals surface area contributed by atoms with Crippen LogP contribution in [0.15, 0.2) is 42.6 Å². The van der Waals surface area contributed by atoms with Crippen molar-refractivity contribution in [1.29, 1.82) is 0 Å². The summed E-state index contributed by atoms with van der Waals surface area (Å²) in [6.45, 7) is 3.95. The van der Waals surface area contributed by atoms with E-state index in [2.05, 4.69) is 9.97 Å². The number of alkyl halides is 1. The van der Waals surface area contributed by atoms with Crippen molar-refractivity contribution in [2.75, 3.05) is 0 Å². The Morgan fingerprint density at radius 2 is 1.95 bits per heavy atom. The molecule has 4 heteroatoms. The van der Waals surface area contributed by atoms with Gasteiger partial charge in [-0.15, -0.1) is 11.6 Å². The standard InChI is InChI=1S/C17H15ClN2O/c1-11-7-12(2)20-17(15(11)9-18)21-14-8-13-5-3-4-6-16(13)19-10-14/h3-8,10H,9H2,1-2H3. The molecule has 0 spiro atoms. The molecular weight excluding hydrogens is 284 g/mol. The van der Waals surface area contributed by atoms with Crippen LogP contribution < -0.4 is 4.74 Å². The van der Waals surface area contributed by atoms with Gasteiger partial charge in [0.25, 0.3) is 0 Å². The van der Waals surface area contributed by atoms with Gasteiger partial charge in [0.05, 0.1) is 17.6 Å². The number of fused-ring (bicyclic) bond motifs is 1. The van der Waals surface area contributed by atoms with Crippen LogP contribution in [-0.4, -0.2) is 9.97 Å². The maximum Gasteiger partial charge on any atom is 0.224 e. The second kappa shape index (κ2) is 5.70. The van der Waals surface area contributed by atoms with Crippen LogP contribution in [-0.2, 0) is 5.88 Å². The molecule has 106 valence electrons. The summed E-state index contributed by atoms with van der Waals surface area (Å²) < 4.78 is 5.91. The summed E-state index contributed by atoms with van der Waals surface area (Å²) in [5.41, 5.74) is 3.84. The van der Waals surface area contributed by atoms with Crippen molar-refractivity contribution in [1.82, 2.24) is 9.97 Å². The Morgan fingerprint density at radius 3 is 2.76 bits per heavy atom. The topological polar surface area (TPSA) is 35.0 Å². The van der Waals surface area contributed by atoms with Gasteiger partial charge < -0.3 is 4.74 Å². The first-order valence-electron chi connectivity index (χ1n) is 6.73. The Morgan fingerprint density at radius 1 is 1.14 bits per heavy atom. The predicted molar refractivity (Wildman–Crippen MR) is 85.1 cm³/mol. The average molecular weight is 299 g/mol. The summed E-state index contributed by atoms with van der Waals surface area (Å²) in [6, 6.07) is 11.9. The summed E-state index contributed by atoms with van der Waals surface area (Å²) in [7, 11) is 0. The number of aryl methyl sites for hydroxylation is 2. The summed E-state index contributed by atoms with van der Waals surface area (Å²) in [6.07, 6.45) is 1.71. The van der Waals surface area contributed by atoms with E-state index in [0.29, 0.717) is 17.5 Å². The van der Waals surface area contributed by atoms with Crippen molar-refractivity contribution in [2.45, 2.75) is 19.7 Å². The molecule has 0 saturated carbocycles. The molecule has 3 aromatic rings. The number of halogens is 1. The number of rotatable bonds is 3. The largest absolute Gasteiger partial charge is 0.437 e. The molecule has 0 atom stereocenters. The van der Waals surface area contributed by atoms with E-state index in [1.165, 1.54) is 0 Å². The monoisotopic (exact) mass is 298 g/mol. The van der Waals surface area contributed by atoms with Gasteiger partial charge in [0.15, 0.2) is 0 Å². The first kappa shape index (κ1) is 13.8. The van der Waals surface area contributed by atoms with Crippen LogP contribution >= 0.6 is 11.6 Å². The molecule has 3 rings (SSSR count). The van der Waals surface area contributed by atoms with Gasteiger partial charge in [-0.25, -0.2) is 4.98 Å². The molecule has 0 unspecified atom stereocenters. The van der Waals surface area contributed by atoms with Crippen LogP contribution in [0.1, 0.15) is 16.8 Å². The van der Waals surface area contributed by atoms with Crippen LogP contribution in [0.4, 0.5) is 0 Å². The fourth-order valence-corrected chi connectivity index (χ4v) is 2.62.